The topological polar surface area (TPSA) is 46.2 Å². The zero-order chi connectivity index (χ0) is 15.1. The lowest BCUT2D eigenvalue weighted by molar-refractivity contribution is -0.243. The van der Waals surface area contributed by atoms with Gasteiger partial charge >= 0.3 is 0 Å². The molecule has 5 heteroatoms. The molecule has 22 heavy (non-hydrogen) atoms. The Balaban J connectivity index is 1.48. The molecule has 0 aromatic carbocycles. The van der Waals surface area contributed by atoms with Gasteiger partial charge in [-0.3, -0.25) is 0 Å². The van der Waals surface area contributed by atoms with Crippen LogP contribution >= 0.6 is 0 Å². The summed E-state index contributed by atoms with van der Waals surface area (Å²) < 4.78 is 29.4. The maximum absolute atomic E-state index is 6.09. The Morgan fingerprint density at radius 2 is 1.32 bits per heavy atom. The van der Waals surface area contributed by atoms with E-state index in [0.29, 0.717) is 13.2 Å². The van der Waals surface area contributed by atoms with Gasteiger partial charge in [-0.2, -0.15) is 0 Å². The summed E-state index contributed by atoms with van der Waals surface area (Å²) in [5, 5.41) is 0. The third kappa shape index (κ3) is 4.90. The van der Waals surface area contributed by atoms with E-state index in [1.165, 1.54) is 19.3 Å². The van der Waals surface area contributed by atoms with Crippen LogP contribution in [0.15, 0.2) is 0 Å². The molecule has 128 valence electrons. The van der Waals surface area contributed by atoms with Crippen LogP contribution in [-0.4, -0.2) is 51.2 Å². The fourth-order valence-electron chi connectivity index (χ4n) is 3.35. The molecule has 0 radical (unpaired) electrons. The van der Waals surface area contributed by atoms with Crippen molar-refractivity contribution in [1.29, 1.82) is 0 Å². The van der Waals surface area contributed by atoms with E-state index in [4.69, 9.17) is 23.7 Å². The van der Waals surface area contributed by atoms with Crippen LogP contribution in [0.25, 0.3) is 0 Å². The highest BCUT2D eigenvalue weighted by Crippen LogP contribution is 2.28. The Hall–Kier alpha value is -0.200. The monoisotopic (exact) mass is 314 g/mol. The zero-order valence-corrected chi connectivity index (χ0v) is 13.6. The summed E-state index contributed by atoms with van der Waals surface area (Å²) >= 11 is 0. The minimum atomic E-state index is -0.320. The van der Waals surface area contributed by atoms with Crippen molar-refractivity contribution in [3.63, 3.8) is 0 Å². The van der Waals surface area contributed by atoms with Crippen molar-refractivity contribution >= 4 is 0 Å². The summed E-state index contributed by atoms with van der Waals surface area (Å²) in [5.41, 5.74) is -0.320. The molecule has 0 bridgehead atoms. The molecular weight excluding hydrogens is 284 g/mol. The molecule has 3 aliphatic rings. The lowest BCUT2D eigenvalue weighted by Crippen LogP contribution is -2.47. The second-order valence-corrected chi connectivity index (χ2v) is 6.70. The number of hydrogen-bond acceptors (Lipinski definition) is 5. The summed E-state index contributed by atoms with van der Waals surface area (Å²) in [6.07, 6.45) is 9.79. The maximum atomic E-state index is 6.09. The Labute approximate surface area is 133 Å². The van der Waals surface area contributed by atoms with E-state index >= 15 is 0 Å². The average Bonchev–Trinajstić information content (AvgIpc) is 2.61. The normalized spacial score (nSPS) is 32.7. The molecule has 0 unspecified atom stereocenters. The summed E-state index contributed by atoms with van der Waals surface area (Å²) in [6, 6.07) is 0. The van der Waals surface area contributed by atoms with Gasteiger partial charge in [0, 0.05) is 19.8 Å². The van der Waals surface area contributed by atoms with Crippen molar-refractivity contribution in [3.05, 3.63) is 0 Å². The average molecular weight is 314 g/mol. The van der Waals surface area contributed by atoms with Crippen LogP contribution in [0.1, 0.15) is 57.8 Å². The predicted octanol–water partition coefficient (Wildman–Crippen LogP) is 3.01. The van der Waals surface area contributed by atoms with Crippen LogP contribution in [0.3, 0.4) is 0 Å². The van der Waals surface area contributed by atoms with Crippen molar-refractivity contribution in [3.8, 4) is 0 Å². The van der Waals surface area contributed by atoms with Gasteiger partial charge in [0.25, 0.3) is 0 Å². The van der Waals surface area contributed by atoms with Gasteiger partial charge in [0.2, 0.25) is 0 Å². The molecule has 3 rings (SSSR count). The quantitative estimate of drug-likeness (QED) is 0.754. The Bertz CT molecular complexity index is 280. The molecule has 0 N–H and O–H groups in total. The molecule has 3 saturated heterocycles. The van der Waals surface area contributed by atoms with Crippen LogP contribution in [0, 0.1) is 0 Å². The standard InChI is InChI=1S/C17H30O5/c1-4-10-18-15(7-1)20-13-17(9-3-6-12-22-17)14-21-16-8-2-5-11-19-16/h15-16H,1-14H2/t15-,16-/m1/s1. The minimum absolute atomic E-state index is 0.0675. The van der Waals surface area contributed by atoms with Gasteiger partial charge in [-0.15, -0.1) is 0 Å². The second-order valence-electron chi connectivity index (χ2n) is 6.70. The third-order valence-corrected chi connectivity index (χ3v) is 4.78. The maximum Gasteiger partial charge on any atom is 0.157 e. The van der Waals surface area contributed by atoms with Crippen LogP contribution in [0.4, 0.5) is 0 Å². The van der Waals surface area contributed by atoms with Crippen molar-refractivity contribution in [1.82, 2.24) is 0 Å². The molecule has 2 atom stereocenters. The fraction of sp³-hybridized carbons (Fsp3) is 1.00. The van der Waals surface area contributed by atoms with E-state index in [9.17, 15) is 0 Å². The van der Waals surface area contributed by atoms with Gasteiger partial charge in [0.1, 0.15) is 5.60 Å². The zero-order valence-electron chi connectivity index (χ0n) is 13.6. The van der Waals surface area contributed by atoms with Crippen molar-refractivity contribution in [2.75, 3.05) is 33.0 Å². The van der Waals surface area contributed by atoms with E-state index in [0.717, 1.165) is 58.3 Å². The first kappa shape index (κ1) is 16.7. The van der Waals surface area contributed by atoms with Gasteiger partial charge in [-0.05, 0) is 57.8 Å². The van der Waals surface area contributed by atoms with Gasteiger partial charge in [-0.25, -0.2) is 0 Å². The van der Waals surface area contributed by atoms with Gasteiger partial charge in [0.05, 0.1) is 13.2 Å². The van der Waals surface area contributed by atoms with Crippen molar-refractivity contribution in [2.24, 2.45) is 0 Å². The largest absolute Gasteiger partial charge is 0.370 e. The number of hydrogen-bond donors (Lipinski definition) is 0. The molecule has 3 heterocycles. The van der Waals surface area contributed by atoms with Gasteiger partial charge in [-0.1, -0.05) is 0 Å². The first-order valence-electron chi connectivity index (χ1n) is 8.97. The predicted molar refractivity (Wildman–Crippen MR) is 81.6 cm³/mol. The molecule has 0 aromatic heterocycles. The molecular formula is C17H30O5. The molecule has 0 amide bonds. The van der Waals surface area contributed by atoms with Crippen molar-refractivity contribution < 1.29 is 23.7 Å². The van der Waals surface area contributed by atoms with Crippen molar-refractivity contribution in [2.45, 2.75) is 76.0 Å². The summed E-state index contributed by atoms with van der Waals surface area (Å²) in [4.78, 5) is 0. The summed E-state index contributed by atoms with van der Waals surface area (Å²) in [7, 11) is 0. The molecule has 0 saturated carbocycles. The molecule has 0 spiro atoms. The van der Waals surface area contributed by atoms with Gasteiger partial charge < -0.3 is 23.7 Å². The highest BCUT2D eigenvalue weighted by molar-refractivity contribution is 4.84. The van der Waals surface area contributed by atoms with Crippen LogP contribution in [-0.2, 0) is 23.7 Å². The van der Waals surface area contributed by atoms with E-state index < -0.39 is 0 Å². The van der Waals surface area contributed by atoms with E-state index in [1.807, 2.05) is 0 Å². The first-order chi connectivity index (χ1) is 10.9. The van der Waals surface area contributed by atoms with E-state index in [2.05, 4.69) is 0 Å². The Kier molecular flexibility index (Phi) is 6.51. The van der Waals surface area contributed by atoms with Gasteiger partial charge in [0.15, 0.2) is 12.6 Å². The number of ether oxygens (including phenoxy) is 5. The molecule has 3 aliphatic heterocycles. The summed E-state index contributed by atoms with van der Waals surface area (Å²) in [5.74, 6) is 0. The fourth-order valence-corrected chi connectivity index (χ4v) is 3.35. The van der Waals surface area contributed by atoms with Crippen LogP contribution in [0.2, 0.25) is 0 Å². The highest BCUT2D eigenvalue weighted by Gasteiger charge is 2.36. The Morgan fingerprint density at radius 3 is 1.77 bits per heavy atom. The summed E-state index contributed by atoms with van der Waals surface area (Å²) in [6.45, 7) is 3.54. The second kappa shape index (κ2) is 8.60. The Morgan fingerprint density at radius 1 is 0.727 bits per heavy atom. The number of rotatable bonds is 6. The third-order valence-electron chi connectivity index (χ3n) is 4.78. The van der Waals surface area contributed by atoms with E-state index in [1.54, 1.807) is 0 Å². The molecule has 0 aliphatic carbocycles. The highest BCUT2D eigenvalue weighted by atomic mass is 16.7. The lowest BCUT2D eigenvalue weighted by Gasteiger charge is -2.39. The van der Waals surface area contributed by atoms with Crippen LogP contribution < -0.4 is 0 Å². The molecule has 0 aromatic rings. The minimum Gasteiger partial charge on any atom is -0.370 e. The first-order valence-corrected chi connectivity index (χ1v) is 8.97. The van der Waals surface area contributed by atoms with Crippen LogP contribution in [0.5, 0.6) is 0 Å². The smallest absolute Gasteiger partial charge is 0.157 e. The lowest BCUT2D eigenvalue weighted by atomic mass is 9.95. The molecule has 5 nitrogen and oxygen atoms in total. The van der Waals surface area contributed by atoms with E-state index in [-0.39, 0.29) is 18.2 Å². The molecule has 3 fully saturated rings. The SMILES string of the molecule is C1CC[C@@H](OCC2(CO[C@@H]3CCCCO3)CCCCO2)OC1.